The van der Waals surface area contributed by atoms with Gasteiger partial charge in [-0.05, 0) is 0 Å². The molecule has 0 saturated heterocycles. The van der Waals surface area contributed by atoms with Gasteiger partial charge in [0.25, 0.3) is 0 Å². The first kappa shape index (κ1) is 44.7. The summed E-state index contributed by atoms with van der Waals surface area (Å²) in [5.41, 5.74) is 0. The molecule has 3 nitrogen and oxygen atoms in total. The monoisotopic (exact) mass is 747 g/mol. The molecule has 0 aliphatic heterocycles. The van der Waals surface area contributed by atoms with Crippen molar-refractivity contribution in [3.63, 3.8) is 0 Å². The van der Waals surface area contributed by atoms with Crippen LogP contribution in [0, 0.1) is 35.5 Å². The fraction of sp³-hybridized carbons (Fsp3) is 0.844. The van der Waals surface area contributed by atoms with Crippen LogP contribution in [0.5, 0.6) is 0 Å². The van der Waals surface area contributed by atoms with Crippen LogP contribution >= 0.6 is 0 Å². The van der Waals surface area contributed by atoms with E-state index in [0.29, 0.717) is 0 Å². The molecule has 0 aliphatic carbocycles. The molecule has 0 fully saturated rings. The smallest absolute Gasteiger partial charge is 4.00 e. The maximum atomic E-state index is 4.37. The van der Waals surface area contributed by atoms with Gasteiger partial charge in [0.2, 0.25) is 0 Å². The molecule has 1 rings (SSSR count). The van der Waals surface area contributed by atoms with Crippen molar-refractivity contribution in [3.8, 4) is 0 Å². The van der Waals surface area contributed by atoms with Gasteiger partial charge in [0.05, 0.1) is 0 Å². The number of hydrogen-bond acceptors (Lipinski definition) is 0. The predicted octanol–water partition coefficient (Wildman–Crippen LogP) is 9.96. The zero-order chi connectivity index (χ0) is 28.7. The summed E-state index contributed by atoms with van der Waals surface area (Å²) in [6.45, 7) is 32.5. The number of hydrogen-bond donors (Lipinski definition) is 0. The molecule has 0 radical (unpaired) electrons. The Hall–Kier alpha value is 0.643. The number of nitrogens with zero attached hydrogens (tertiary/aromatic N) is 3. The van der Waals surface area contributed by atoms with Crippen LogP contribution < -0.4 is 4.40 Å². The Morgan fingerprint density at radius 2 is 0.649 bits per heavy atom. The van der Waals surface area contributed by atoms with Crippen molar-refractivity contribution in [3.05, 3.63) is 40.2 Å². The van der Waals surface area contributed by atoms with Gasteiger partial charge >= 0.3 is 85.0 Å². The Morgan fingerprint density at radius 1 is 0.459 bits per heavy atom. The molecule has 0 aromatic heterocycles. The molecule has 0 unspecified atom stereocenters. The average Bonchev–Trinajstić information content (AvgIpc) is 3.23. The summed E-state index contributed by atoms with van der Waals surface area (Å²) < 4.78 is 1.61. The molecule has 0 N–H and O–H groups in total. The summed E-state index contributed by atoms with van der Waals surface area (Å²) >= 11 is -1.44. The minimum Gasteiger partial charge on any atom is 4.00 e. The molecule has 0 heterocycles. The molecular formula is C32H67GeHfN3. The minimum absolute atomic E-state index is 0. The van der Waals surface area contributed by atoms with Gasteiger partial charge < -0.3 is 16.0 Å². The maximum absolute atomic E-state index is 4.37. The third-order valence-corrected chi connectivity index (χ3v) is 8.83. The first-order chi connectivity index (χ1) is 16.5. The standard InChI is InChI=1S/C8H13Ge.3C8H18N.Hf/c1-9(2,3)8-6-4-5-7-8;3*1-7(2)5-9-6-8(3)4;/h4-7H,1-3H3;3*7-8H,5-6H2,1-4H3;/q4*-1;+4. The Kier molecular flexibility index (Phi) is 34.0. The van der Waals surface area contributed by atoms with E-state index in [1.807, 2.05) is 0 Å². The summed E-state index contributed by atoms with van der Waals surface area (Å²) in [6.07, 6.45) is 0. The molecule has 37 heavy (non-hydrogen) atoms. The van der Waals surface area contributed by atoms with Gasteiger partial charge in [0.15, 0.2) is 0 Å². The van der Waals surface area contributed by atoms with Crippen LogP contribution in [0.2, 0.25) is 17.3 Å². The summed E-state index contributed by atoms with van der Waals surface area (Å²) in [4.78, 5) is 0. The SMILES string of the molecule is CC(C)C[N-]CC(C)C.CC(C)C[N-]CC(C)C.CC(C)C[N-]CC(C)C.[CH3][Ge]([CH3])([CH3])[c-]1cccc1.[Hf+4]. The minimum atomic E-state index is -1.44. The van der Waals surface area contributed by atoms with Crippen LogP contribution in [0.1, 0.15) is 83.1 Å². The van der Waals surface area contributed by atoms with Crippen molar-refractivity contribution in [2.75, 3.05) is 39.3 Å². The van der Waals surface area contributed by atoms with Crippen LogP contribution in [0.15, 0.2) is 24.3 Å². The average molecular weight is 745 g/mol. The normalized spacial score (nSPS) is 11.2. The van der Waals surface area contributed by atoms with E-state index in [1.54, 1.807) is 4.40 Å². The summed E-state index contributed by atoms with van der Waals surface area (Å²) in [5, 5.41) is 13.1. The molecule has 0 atom stereocenters. The third kappa shape index (κ3) is 43.9. The Morgan fingerprint density at radius 3 is 0.757 bits per heavy atom. The second kappa shape index (κ2) is 28.2. The predicted molar refractivity (Wildman–Crippen MR) is 173 cm³/mol. The first-order valence-corrected chi connectivity index (χ1v) is 21.9. The second-order valence-electron chi connectivity index (χ2n) is 13.6. The topological polar surface area (TPSA) is 42.3 Å². The van der Waals surface area contributed by atoms with Gasteiger partial charge in [0.1, 0.15) is 0 Å². The van der Waals surface area contributed by atoms with Gasteiger partial charge in [-0.3, -0.25) is 0 Å². The molecular weight excluding hydrogens is 677 g/mol. The number of rotatable bonds is 13. The summed E-state index contributed by atoms with van der Waals surface area (Å²) in [5.74, 6) is 11.6. The van der Waals surface area contributed by atoms with Gasteiger partial charge in [-0.2, -0.15) is 0 Å². The molecule has 0 amide bonds. The quantitative estimate of drug-likeness (QED) is 0.143. The fourth-order valence-corrected chi connectivity index (χ4v) is 5.15. The van der Waals surface area contributed by atoms with Crippen LogP contribution in [-0.2, 0) is 25.8 Å². The van der Waals surface area contributed by atoms with Crippen LogP contribution in [0.3, 0.4) is 0 Å². The molecule has 0 saturated carbocycles. The Bertz CT molecular complexity index is 466. The molecule has 0 bridgehead atoms. The molecule has 5 heteroatoms. The van der Waals surface area contributed by atoms with Crippen LogP contribution in [-0.4, -0.2) is 52.5 Å². The fourth-order valence-electron chi connectivity index (χ4n) is 2.65. The van der Waals surface area contributed by atoms with E-state index in [9.17, 15) is 0 Å². The van der Waals surface area contributed by atoms with Crippen molar-refractivity contribution in [2.45, 2.75) is 100 Å². The molecule has 218 valence electrons. The van der Waals surface area contributed by atoms with Crippen LogP contribution in [0.25, 0.3) is 16.0 Å². The van der Waals surface area contributed by atoms with Crippen molar-refractivity contribution in [2.24, 2.45) is 35.5 Å². The largest absolute Gasteiger partial charge is 4.00 e. The molecule has 0 aliphatic rings. The van der Waals surface area contributed by atoms with E-state index in [4.69, 9.17) is 0 Å². The maximum Gasteiger partial charge on any atom is 4.00 e. The Labute approximate surface area is 257 Å². The van der Waals surface area contributed by atoms with Crippen LogP contribution in [0.4, 0.5) is 0 Å². The third-order valence-electron chi connectivity index (χ3n) is 4.49. The van der Waals surface area contributed by atoms with Gasteiger partial charge in [-0.15, -0.1) is 39.3 Å². The molecule has 1 aromatic carbocycles. The first-order valence-electron chi connectivity index (χ1n) is 14.6. The van der Waals surface area contributed by atoms with Gasteiger partial charge in [-0.1, -0.05) is 119 Å². The zero-order valence-corrected chi connectivity index (χ0v) is 33.5. The van der Waals surface area contributed by atoms with E-state index in [-0.39, 0.29) is 25.8 Å². The van der Waals surface area contributed by atoms with Gasteiger partial charge in [0, 0.05) is 0 Å². The molecule has 0 spiro atoms. The van der Waals surface area contributed by atoms with Crippen molar-refractivity contribution in [1.82, 2.24) is 0 Å². The summed E-state index contributed by atoms with van der Waals surface area (Å²) in [6, 6.07) is 8.76. The Balaban J connectivity index is -0.000000194. The second-order valence-corrected chi connectivity index (χ2v) is 24.2. The van der Waals surface area contributed by atoms with Crippen molar-refractivity contribution < 1.29 is 25.8 Å². The van der Waals surface area contributed by atoms with E-state index < -0.39 is 13.3 Å². The zero-order valence-electron chi connectivity index (χ0n) is 27.9. The van der Waals surface area contributed by atoms with E-state index in [1.165, 1.54) is 0 Å². The van der Waals surface area contributed by atoms with E-state index in [0.717, 1.165) is 74.8 Å². The van der Waals surface area contributed by atoms with Gasteiger partial charge in [-0.25, -0.2) is 0 Å². The summed E-state index contributed by atoms with van der Waals surface area (Å²) in [7, 11) is 0. The van der Waals surface area contributed by atoms with E-state index in [2.05, 4.69) is 141 Å². The van der Waals surface area contributed by atoms with Crippen molar-refractivity contribution >= 4 is 17.7 Å². The van der Waals surface area contributed by atoms with E-state index >= 15 is 0 Å². The molecule has 1 aromatic rings. The van der Waals surface area contributed by atoms with Crippen molar-refractivity contribution in [1.29, 1.82) is 0 Å².